The standard InChI is InChI=1S/C23H32N4O5/c1-2-25-19(28)13-11-17(21(30)22(24)31)27-23(32)18(14-16-8-9-16)26-20(29)12-10-15-6-4-3-5-7-15/h3-7,16-18H,2,8-14H2,1H3,(H2,24,31)(H,25,28)(H,26,29)(H,27,32)/t17?,18-/m0/s1. The maximum atomic E-state index is 12.9. The summed E-state index contributed by atoms with van der Waals surface area (Å²) in [5.41, 5.74) is 6.13. The second-order valence-corrected chi connectivity index (χ2v) is 8.07. The van der Waals surface area contributed by atoms with Crippen LogP contribution in [-0.4, -0.2) is 48.0 Å². The molecule has 1 unspecified atom stereocenters. The molecule has 1 fully saturated rings. The van der Waals surface area contributed by atoms with Crippen molar-refractivity contribution in [3.63, 3.8) is 0 Å². The summed E-state index contributed by atoms with van der Waals surface area (Å²) in [5, 5.41) is 7.88. The van der Waals surface area contributed by atoms with E-state index in [4.69, 9.17) is 5.73 Å². The molecular formula is C23H32N4O5. The molecule has 0 aliphatic heterocycles. The van der Waals surface area contributed by atoms with Gasteiger partial charge in [-0.3, -0.25) is 24.0 Å². The van der Waals surface area contributed by atoms with Crippen LogP contribution in [0.2, 0.25) is 0 Å². The van der Waals surface area contributed by atoms with Gasteiger partial charge in [0.2, 0.25) is 23.5 Å². The highest BCUT2D eigenvalue weighted by Gasteiger charge is 2.33. The Labute approximate surface area is 187 Å². The Morgan fingerprint density at radius 3 is 2.25 bits per heavy atom. The third-order valence-corrected chi connectivity index (χ3v) is 5.31. The van der Waals surface area contributed by atoms with Crippen LogP contribution in [0.3, 0.4) is 0 Å². The molecule has 5 N–H and O–H groups in total. The fourth-order valence-corrected chi connectivity index (χ4v) is 3.36. The first-order valence-electron chi connectivity index (χ1n) is 11.0. The predicted octanol–water partition coefficient (Wildman–Crippen LogP) is 0.360. The molecule has 0 radical (unpaired) electrons. The number of carbonyl (C=O) groups is 5. The van der Waals surface area contributed by atoms with Crippen molar-refractivity contribution in [3.05, 3.63) is 35.9 Å². The Morgan fingerprint density at radius 1 is 0.969 bits per heavy atom. The highest BCUT2D eigenvalue weighted by Crippen LogP contribution is 2.33. The van der Waals surface area contributed by atoms with E-state index in [0.29, 0.717) is 25.3 Å². The largest absolute Gasteiger partial charge is 0.363 e. The van der Waals surface area contributed by atoms with Crippen LogP contribution in [0, 0.1) is 5.92 Å². The first kappa shape index (κ1) is 25.0. The highest BCUT2D eigenvalue weighted by molar-refractivity contribution is 6.37. The fraction of sp³-hybridized carbons (Fsp3) is 0.522. The summed E-state index contributed by atoms with van der Waals surface area (Å²) in [7, 11) is 0. The third-order valence-electron chi connectivity index (χ3n) is 5.31. The summed E-state index contributed by atoms with van der Waals surface area (Å²) < 4.78 is 0. The lowest BCUT2D eigenvalue weighted by Gasteiger charge is -2.22. The Balaban J connectivity index is 1.97. The van der Waals surface area contributed by atoms with Crippen LogP contribution >= 0.6 is 0 Å². The number of aryl methyl sites for hydroxylation is 1. The van der Waals surface area contributed by atoms with Gasteiger partial charge in [-0.25, -0.2) is 0 Å². The monoisotopic (exact) mass is 444 g/mol. The third kappa shape index (κ3) is 8.87. The lowest BCUT2D eigenvalue weighted by atomic mass is 10.0. The summed E-state index contributed by atoms with van der Waals surface area (Å²) >= 11 is 0. The molecule has 9 heteroatoms. The molecule has 1 aliphatic rings. The van der Waals surface area contributed by atoms with Crippen LogP contribution in [0.25, 0.3) is 0 Å². The minimum absolute atomic E-state index is 0.0471. The van der Waals surface area contributed by atoms with E-state index in [1.54, 1.807) is 6.92 Å². The van der Waals surface area contributed by atoms with Crippen LogP contribution < -0.4 is 21.7 Å². The van der Waals surface area contributed by atoms with Crippen molar-refractivity contribution in [2.24, 2.45) is 11.7 Å². The maximum absolute atomic E-state index is 12.9. The van der Waals surface area contributed by atoms with Crippen molar-refractivity contribution < 1.29 is 24.0 Å². The number of primary amides is 1. The van der Waals surface area contributed by atoms with E-state index in [1.165, 1.54) is 0 Å². The number of amides is 4. The van der Waals surface area contributed by atoms with Gasteiger partial charge in [-0.2, -0.15) is 0 Å². The molecule has 2 atom stereocenters. The van der Waals surface area contributed by atoms with Crippen LogP contribution in [0.4, 0.5) is 0 Å². The average molecular weight is 445 g/mol. The predicted molar refractivity (Wildman–Crippen MR) is 118 cm³/mol. The normalized spacial score (nSPS) is 14.7. The lowest BCUT2D eigenvalue weighted by molar-refractivity contribution is -0.139. The number of hydrogen-bond donors (Lipinski definition) is 4. The average Bonchev–Trinajstić information content (AvgIpc) is 3.59. The van der Waals surface area contributed by atoms with Gasteiger partial charge in [0.25, 0.3) is 5.91 Å². The van der Waals surface area contributed by atoms with Gasteiger partial charge < -0.3 is 21.7 Å². The van der Waals surface area contributed by atoms with E-state index >= 15 is 0 Å². The van der Waals surface area contributed by atoms with Crippen molar-refractivity contribution in [2.75, 3.05) is 6.54 Å². The van der Waals surface area contributed by atoms with E-state index in [0.717, 1.165) is 18.4 Å². The van der Waals surface area contributed by atoms with Gasteiger partial charge >= 0.3 is 0 Å². The Morgan fingerprint density at radius 2 is 1.66 bits per heavy atom. The van der Waals surface area contributed by atoms with E-state index in [-0.39, 0.29) is 31.1 Å². The van der Waals surface area contributed by atoms with Gasteiger partial charge in [-0.05, 0) is 37.7 Å². The molecule has 0 spiro atoms. The molecule has 1 saturated carbocycles. The molecule has 0 bridgehead atoms. The maximum Gasteiger partial charge on any atom is 0.287 e. The molecule has 1 aromatic rings. The van der Waals surface area contributed by atoms with Crippen molar-refractivity contribution in [1.82, 2.24) is 16.0 Å². The molecule has 0 heterocycles. The second kappa shape index (κ2) is 12.6. The minimum atomic E-state index is -1.22. The Hall–Kier alpha value is -3.23. The van der Waals surface area contributed by atoms with Crippen LogP contribution in [0.5, 0.6) is 0 Å². The van der Waals surface area contributed by atoms with Gasteiger partial charge in [-0.1, -0.05) is 43.2 Å². The molecular weight excluding hydrogens is 412 g/mol. The Bertz CT molecular complexity index is 823. The molecule has 32 heavy (non-hydrogen) atoms. The zero-order chi connectivity index (χ0) is 23.5. The molecule has 2 rings (SSSR count). The Kier molecular flexibility index (Phi) is 9.84. The minimum Gasteiger partial charge on any atom is -0.363 e. The summed E-state index contributed by atoms with van der Waals surface area (Å²) in [6.07, 6.45) is 3.07. The molecule has 1 aliphatic carbocycles. The number of benzene rings is 1. The number of rotatable bonds is 14. The van der Waals surface area contributed by atoms with Crippen LogP contribution in [-0.2, 0) is 30.4 Å². The highest BCUT2D eigenvalue weighted by atomic mass is 16.2. The first-order valence-corrected chi connectivity index (χ1v) is 11.0. The lowest BCUT2D eigenvalue weighted by Crippen LogP contribution is -2.53. The molecule has 1 aromatic carbocycles. The number of ketones is 1. The van der Waals surface area contributed by atoms with Crippen molar-refractivity contribution >= 4 is 29.4 Å². The second-order valence-electron chi connectivity index (χ2n) is 8.07. The molecule has 0 aromatic heterocycles. The van der Waals surface area contributed by atoms with Gasteiger partial charge in [0.05, 0.1) is 6.04 Å². The van der Waals surface area contributed by atoms with Crippen molar-refractivity contribution in [1.29, 1.82) is 0 Å². The van der Waals surface area contributed by atoms with E-state index in [1.807, 2.05) is 30.3 Å². The van der Waals surface area contributed by atoms with Crippen LogP contribution in [0.15, 0.2) is 30.3 Å². The van der Waals surface area contributed by atoms with Crippen LogP contribution in [0.1, 0.15) is 51.0 Å². The summed E-state index contributed by atoms with van der Waals surface area (Å²) in [4.78, 5) is 60.7. The number of carbonyl (C=O) groups excluding carboxylic acids is 5. The zero-order valence-electron chi connectivity index (χ0n) is 18.4. The van der Waals surface area contributed by atoms with Crippen molar-refractivity contribution in [2.45, 2.75) is 64.0 Å². The SMILES string of the molecule is CCNC(=O)CCC(NC(=O)[C@H](CC1CC1)NC(=O)CCc1ccccc1)C(=O)C(N)=O. The fourth-order valence-electron chi connectivity index (χ4n) is 3.36. The summed E-state index contributed by atoms with van der Waals surface area (Å²) in [6, 6.07) is 7.51. The van der Waals surface area contributed by atoms with Gasteiger partial charge in [0.1, 0.15) is 6.04 Å². The molecule has 0 saturated heterocycles. The number of Topliss-reactive ketones (excluding diaryl/α,β-unsaturated/α-hetero) is 1. The van der Waals surface area contributed by atoms with E-state index in [2.05, 4.69) is 16.0 Å². The quantitative estimate of drug-likeness (QED) is 0.306. The topological polar surface area (TPSA) is 147 Å². The molecule has 9 nitrogen and oxygen atoms in total. The summed E-state index contributed by atoms with van der Waals surface area (Å²) in [6.45, 7) is 2.19. The number of hydrogen-bond acceptors (Lipinski definition) is 5. The first-order chi connectivity index (χ1) is 15.3. The number of nitrogens with two attached hydrogens (primary N) is 1. The number of nitrogens with one attached hydrogen (secondary N) is 3. The van der Waals surface area contributed by atoms with E-state index in [9.17, 15) is 24.0 Å². The van der Waals surface area contributed by atoms with Gasteiger partial charge in [0, 0.05) is 19.4 Å². The molecule has 174 valence electrons. The molecule has 4 amide bonds. The van der Waals surface area contributed by atoms with E-state index < -0.39 is 29.7 Å². The van der Waals surface area contributed by atoms with Gasteiger partial charge in [-0.15, -0.1) is 0 Å². The van der Waals surface area contributed by atoms with Crippen molar-refractivity contribution in [3.8, 4) is 0 Å². The van der Waals surface area contributed by atoms with Gasteiger partial charge in [0.15, 0.2) is 0 Å². The zero-order valence-corrected chi connectivity index (χ0v) is 18.4. The summed E-state index contributed by atoms with van der Waals surface area (Å²) in [5.74, 6) is -2.94. The smallest absolute Gasteiger partial charge is 0.287 e.